The van der Waals surface area contributed by atoms with Gasteiger partial charge in [0.2, 0.25) is 5.65 Å². The number of Topliss-reactive ketones (excluding diaryl/α,β-unsaturated/α-hetero) is 1. The van der Waals surface area contributed by atoms with E-state index in [1.165, 1.54) is 6.92 Å². The maximum Gasteiger partial charge on any atom is 0.303 e. The molecule has 0 aliphatic carbocycles. The summed E-state index contributed by atoms with van der Waals surface area (Å²) in [6, 6.07) is 5.74. The van der Waals surface area contributed by atoms with Crippen LogP contribution in [0.15, 0.2) is 18.2 Å². The smallest absolute Gasteiger partial charge is 0.303 e. The van der Waals surface area contributed by atoms with Crippen LogP contribution >= 0.6 is 0 Å². The number of methoxy groups -OCH3 is 1. The van der Waals surface area contributed by atoms with Crippen LogP contribution in [0.2, 0.25) is 0 Å². The van der Waals surface area contributed by atoms with Gasteiger partial charge in [0.05, 0.1) is 17.6 Å². The minimum Gasteiger partial charge on any atom is -0.491 e. The summed E-state index contributed by atoms with van der Waals surface area (Å²) in [5, 5.41) is 11.8. The molecule has 1 aromatic carbocycles. The monoisotopic (exact) mass is 443 g/mol. The summed E-state index contributed by atoms with van der Waals surface area (Å²) in [5.74, 6) is 1.65. The lowest BCUT2D eigenvalue weighted by molar-refractivity contribution is -0.145. The molecule has 32 heavy (non-hydrogen) atoms. The zero-order chi connectivity index (χ0) is 22.9. The molecule has 3 rings (SSSR count). The zero-order valence-electron chi connectivity index (χ0n) is 18.7. The maximum atomic E-state index is 11.6. The number of aryl methyl sites for hydroxylation is 1. The van der Waals surface area contributed by atoms with Crippen LogP contribution in [0.1, 0.15) is 38.4 Å². The Kier molecular flexibility index (Phi) is 8.32. The average molecular weight is 444 g/mol. The Morgan fingerprint density at radius 2 is 1.97 bits per heavy atom. The zero-order valence-corrected chi connectivity index (χ0v) is 18.7. The fourth-order valence-corrected chi connectivity index (χ4v) is 3.29. The third kappa shape index (κ3) is 6.13. The minimum atomic E-state index is -0.436. The van der Waals surface area contributed by atoms with Crippen molar-refractivity contribution in [2.45, 2.75) is 39.5 Å². The second-order valence-electron chi connectivity index (χ2n) is 7.41. The molecule has 10 nitrogen and oxygen atoms in total. The van der Waals surface area contributed by atoms with Gasteiger partial charge in [-0.1, -0.05) is 6.42 Å². The van der Waals surface area contributed by atoms with Crippen molar-refractivity contribution in [3.63, 3.8) is 0 Å². The highest BCUT2D eigenvalue weighted by Gasteiger charge is 2.13. The summed E-state index contributed by atoms with van der Waals surface area (Å²) < 4.78 is 17.4. The summed E-state index contributed by atoms with van der Waals surface area (Å²) in [7, 11) is 1.63. The van der Waals surface area contributed by atoms with Gasteiger partial charge in [0.1, 0.15) is 24.8 Å². The van der Waals surface area contributed by atoms with Crippen molar-refractivity contribution in [1.82, 2.24) is 19.6 Å². The van der Waals surface area contributed by atoms with Crippen molar-refractivity contribution < 1.29 is 23.8 Å². The highest BCUT2D eigenvalue weighted by Crippen LogP contribution is 2.25. The maximum absolute atomic E-state index is 11.6. The number of carbonyl (C=O) groups is 2. The second kappa shape index (κ2) is 11.4. The third-order valence-corrected chi connectivity index (χ3v) is 4.87. The Bertz CT molecular complexity index is 1080. The van der Waals surface area contributed by atoms with E-state index in [4.69, 9.17) is 19.2 Å². The number of fused-ring (bicyclic) bond motifs is 3. The number of anilines is 1. The van der Waals surface area contributed by atoms with E-state index in [0.29, 0.717) is 37.6 Å². The van der Waals surface area contributed by atoms with Crippen LogP contribution < -0.4 is 10.1 Å². The Balaban J connectivity index is 1.61. The molecule has 3 aromatic rings. The van der Waals surface area contributed by atoms with Gasteiger partial charge in [-0.25, -0.2) is 4.98 Å². The first-order chi connectivity index (χ1) is 15.5. The molecule has 0 aliphatic rings. The molecular formula is C22H29N5O5. The largest absolute Gasteiger partial charge is 0.491 e. The van der Waals surface area contributed by atoms with Gasteiger partial charge in [0.15, 0.2) is 11.6 Å². The molecule has 0 aliphatic heterocycles. The third-order valence-electron chi connectivity index (χ3n) is 4.87. The molecule has 0 saturated carbocycles. The summed E-state index contributed by atoms with van der Waals surface area (Å²) in [5.41, 5.74) is 2.34. The number of ether oxygens (including phenoxy) is 3. The van der Waals surface area contributed by atoms with Gasteiger partial charge in [0, 0.05) is 33.1 Å². The molecule has 2 aromatic heterocycles. The lowest BCUT2D eigenvalue weighted by atomic mass is 10.1. The van der Waals surface area contributed by atoms with Crippen LogP contribution in [0.25, 0.3) is 16.7 Å². The molecule has 0 amide bonds. The number of hydrogen-bond acceptors (Lipinski definition) is 9. The highest BCUT2D eigenvalue weighted by molar-refractivity contribution is 5.84. The number of unbranched alkanes of at least 4 members (excludes halogenated alkanes) is 2. The molecular weight excluding hydrogens is 414 g/mol. The van der Waals surface area contributed by atoms with Crippen molar-refractivity contribution in [2.75, 3.05) is 38.8 Å². The normalized spacial score (nSPS) is 11.1. The molecule has 2 heterocycles. The Morgan fingerprint density at radius 3 is 2.75 bits per heavy atom. The van der Waals surface area contributed by atoms with Gasteiger partial charge >= 0.3 is 5.97 Å². The topological polar surface area (TPSA) is 117 Å². The van der Waals surface area contributed by atoms with Crippen LogP contribution in [0.3, 0.4) is 0 Å². The van der Waals surface area contributed by atoms with Crippen LogP contribution in [0.5, 0.6) is 5.75 Å². The molecule has 1 N–H and O–H groups in total. The number of benzene rings is 1. The molecule has 0 unspecified atom stereocenters. The van der Waals surface area contributed by atoms with E-state index in [1.807, 2.05) is 29.5 Å². The molecule has 0 fully saturated rings. The van der Waals surface area contributed by atoms with E-state index in [-0.39, 0.29) is 12.4 Å². The summed E-state index contributed by atoms with van der Waals surface area (Å²) in [6.45, 7) is 4.71. The van der Waals surface area contributed by atoms with Gasteiger partial charge in [-0.15, -0.1) is 10.2 Å². The number of aromatic nitrogens is 4. The van der Waals surface area contributed by atoms with Crippen molar-refractivity contribution in [1.29, 1.82) is 0 Å². The van der Waals surface area contributed by atoms with Crippen molar-refractivity contribution in [3.8, 4) is 5.75 Å². The van der Waals surface area contributed by atoms with Crippen molar-refractivity contribution in [3.05, 3.63) is 24.0 Å². The predicted octanol–water partition coefficient (Wildman–Crippen LogP) is 2.72. The van der Waals surface area contributed by atoms with E-state index in [2.05, 4.69) is 15.5 Å². The number of nitrogens with one attached hydrogen (secondary N) is 1. The molecule has 0 spiro atoms. The van der Waals surface area contributed by atoms with E-state index >= 15 is 0 Å². The Hall–Kier alpha value is -3.27. The number of ketones is 1. The van der Waals surface area contributed by atoms with Gasteiger partial charge in [-0.2, -0.15) is 0 Å². The quantitative estimate of drug-likeness (QED) is 0.314. The Labute approximate surface area is 186 Å². The first-order valence-corrected chi connectivity index (χ1v) is 10.7. The number of nitrogens with zero attached hydrogens (tertiary/aromatic N) is 4. The van der Waals surface area contributed by atoms with E-state index in [1.54, 1.807) is 7.11 Å². The lowest BCUT2D eigenvalue weighted by Gasteiger charge is -2.11. The van der Waals surface area contributed by atoms with Crippen LogP contribution in [0.4, 0.5) is 5.82 Å². The summed E-state index contributed by atoms with van der Waals surface area (Å²) >= 11 is 0. The number of rotatable bonds is 13. The van der Waals surface area contributed by atoms with Crippen molar-refractivity contribution in [2.24, 2.45) is 0 Å². The van der Waals surface area contributed by atoms with Crippen molar-refractivity contribution >= 4 is 34.3 Å². The summed E-state index contributed by atoms with van der Waals surface area (Å²) in [6.07, 6.45) is 2.88. The Morgan fingerprint density at radius 1 is 1.12 bits per heavy atom. The van der Waals surface area contributed by atoms with Crippen LogP contribution in [-0.4, -0.2) is 64.8 Å². The molecule has 0 saturated heterocycles. The highest BCUT2D eigenvalue weighted by atomic mass is 16.5. The van der Waals surface area contributed by atoms with E-state index < -0.39 is 5.97 Å². The first-order valence-electron chi connectivity index (χ1n) is 10.7. The van der Waals surface area contributed by atoms with Gasteiger partial charge < -0.3 is 19.5 Å². The van der Waals surface area contributed by atoms with Gasteiger partial charge in [-0.3, -0.25) is 14.0 Å². The van der Waals surface area contributed by atoms with Gasteiger partial charge in [-0.05, 0) is 31.9 Å². The van der Waals surface area contributed by atoms with Gasteiger partial charge in [0.25, 0.3) is 0 Å². The standard InChI is InChI=1S/C22H29N5O5/c1-15-25-26-22-21(23-10-6-4-5-7-17(29)14-32-16(2)28)24-19-13-18(31-12-11-30-3)8-9-20(19)27(15)22/h8-9,13H,4-7,10-12,14H2,1-3H3,(H,23,24). The molecule has 0 bridgehead atoms. The molecule has 0 radical (unpaired) electrons. The predicted molar refractivity (Wildman–Crippen MR) is 119 cm³/mol. The fourth-order valence-electron chi connectivity index (χ4n) is 3.29. The molecule has 172 valence electrons. The minimum absolute atomic E-state index is 0.0616. The summed E-state index contributed by atoms with van der Waals surface area (Å²) in [4.78, 5) is 27.1. The lowest BCUT2D eigenvalue weighted by Crippen LogP contribution is -2.11. The number of carbonyl (C=O) groups excluding carboxylic acids is 2. The second-order valence-corrected chi connectivity index (χ2v) is 7.41. The number of esters is 1. The average Bonchev–Trinajstić information content (AvgIpc) is 3.16. The van der Waals surface area contributed by atoms with Crippen LogP contribution in [-0.2, 0) is 19.1 Å². The first kappa shape index (κ1) is 23.4. The molecule has 10 heteroatoms. The number of hydrogen-bond donors (Lipinski definition) is 1. The SMILES string of the molecule is COCCOc1ccc2c(c1)nc(NCCCCCC(=O)COC(C)=O)c1nnc(C)n12. The van der Waals surface area contributed by atoms with E-state index in [9.17, 15) is 9.59 Å². The van der Waals surface area contributed by atoms with E-state index in [0.717, 1.165) is 41.9 Å². The molecule has 0 atom stereocenters. The fraction of sp³-hybridized carbons (Fsp3) is 0.500. The van der Waals surface area contributed by atoms with Crippen LogP contribution in [0, 0.1) is 6.92 Å².